The van der Waals surface area contributed by atoms with Gasteiger partial charge >= 0.3 is 5.97 Å². The fourth-order valence-corrected chi connectivity index (χ4v) is 2.85. The van der Waals surface area contributed by atoms with Crippen LogP contribution in [0.2, 0.25) is 0 Å². The van der Waals surface area contributed by atoms with Crippen LogP contribution in [-0.2, 0) is 0 Å². The van der Waals surface area contributed by atoms with Gasteiger partial charge in [0.25, 0.3) is 0 Å². The van der Waals surface area contributed by atoms with Gasteiger partial charge in [0, 0.05) is 0 Å². The number of benzene rings is 2. The van der Waals surface area contributed by atoms with Gasteiger partial charge in [0.15, 0.2) is 0 Å². The third-order valence-electron chi connectivity index (χ3n) is 3.90. The molecule has 2 nitrogen and oxygen atoms in total. The zero-order valence-corrected chi connectivity index (χ0v) is 12.2. The second-order valence-electron chi connectivity index (χ2n) is 5.38. The van der Waals surface area contributed by atoms with Crippen molar-refractivity contribution in [2.75, 3.05) is 0 Å². The molecule has 0 unspecified atom stereocenters. The SMILES string of the molecule is O=C(O)c1ccccc1C1CCCCC1.c1ccccc1. The minimum atomic E-state index is -0.795. The summed E-state index contributed by atoms with van der Waals surface area (Å²) in [6.45, 7) is 0. The lowest BCUT2D eigenvalue weighted by Crippen LogP contribution is -2.10. The molecule has 0 aliphatic heterocycles. The summed E-state index contributed by atoms with van der Waals surface area (Å²) in [5, 5.41) is 9.10. The Morgan fingerprint density at radius 1 is 0.810 bits per heavy atom. The summed E-state index contributed by atoms with van der Waals surface area (Å²) in [5.41, 5.74) is 1.52. The highest BCUT2D eigenvalue weighted by atomic mass is 16.4. The van der Waals surface area contributed by atoms with Crippen LogP contribution in [0, 0.1) is 0 Å². The van der Waals surface area contributed by atoms with E-state index >= 15 is 0 Å². The smallest absolute Gasteiger partial charge is 0.335 e. The molecular formula is C19H22O2. The summed E-state index contributed by atoms with van der Waals surface area (Å²) in [4.78, 5) is 11.1. The average molecular weight is 282 g/mol. The number of hydrogen-bond acceptors (Lipinski definition) is 1. The van der Waals surface area contributed by atoms with E-state index in [0.717, 1.165) is 18.4 Å². The zero-order chi connectivity index (χ0) is 14.9. The molecule has 1 aliphatic rings. The van der Waals surface area contributed by atoms with Crippen LogP contribution >= 0.6 is 0 Å². The Bertz CT molecular complexity index is 516. The largest absolute Gasteiger partial charge is 0.478 e. The van der Waals surface area contributed by atoms with Crippen LogP contribution in [0.15, 0.2) is 60.7 Å². The maximum Gasteiger partial charge on any atom is 0.335 e. The second kappa shape index (κ2) is 8.25. The van der Waals surface area contributed by atoms with Crippen LogP contribution in [0.5, 0.6) is 0 Å². The van der Waals surface area contributed by atoms with Crippen LogP contribution in [0.25, 0.3) is 0 Å². The maximum atomic E-state index is 11.1. The fraction of sp³-hybridized carbons (Fsp3) is 0.316. The lowest BCUT2D eigenvalue weighted by Gasteiger charge is -2.23. The zero-order valence-electron chi connectivity index (χ0n) is 12.2. The van der Waals surface area contributed by atoms with E-state index in [9.17, 15) is 4.79 Å². The predicted molar refractivity (Wildman–Crippen MR) is 85.7 cm³/mol. The first-order valence-electron chi connectivity index (χ1n) is 7.61. The summed E-state index contributed by atoms with van der Waals surface area (Å²) >= 11 is 0. The van der Waals surface area contributed by atoms with E-state index < -0.39 is 5.97 Å². The molecule has 0 amide bonds. The third kappa shape index (κ3) is 4.75. The number of carboxylic acid groups (broad SMARTS) is 1. The van der Waals surface area contributed by atoms with Crippen molar-refractivity contribution >= 4 is 5.97 Å². The molecule has 1 saturated carbocycles. The number of carboxylic acids is 1. The molecule has 0 aromatic heterocycles. The van der Waals surface area contributed by atoms with E-state index in [2.05, 4.69) is 0 Å². The topological polar surface area (TPSA) is 37.3 Å². The van der Waals surface area contributed by atoms with Gasteiger partial charge < -0.3 is 5.11 Å². The lowest BCUT2D eigenvalue weighted by molar-refractivity contribution is 0.0694. The van der Waals surface area contributed by atoms with E-state index in [1.54, 1.807) is 12.1 Å². The van der Waals surface area contributed by atoms with Gasteiger partial charge in [0.1, 0.15) is 0 Å². The Hall–Kier alpha value is -2.09. The van der Waals surface area contributed by atoms with Crippen molar-refractivity contribution in [2.45, 2.75) is 38.0 Å². The Balaban J connectivity index is 0.000000225. The molecule has 2 aromatic rings. The molecule has 3 rings (SSSR count). The summed E-state index contributed by atoms with van der Waals surface area (Å²) in [6.07, 6.45) is 6.05. The molecule has 2 heteroatoms. The monoisotopic (exact) mass is 282 g/mol. The average Bonchev–Trinajstić information content (AvgIpc) is 2.58. The Morgan fingerprint density at radius 2 is 1.33 bits per heavy atom. The fourth-order valence-electron chi connectivity index (χ4n) is 2.85. The van der Waals surface area contributed by atoms with Gasteiger partial charge in [-0.2, -0.15) is 0 Å². The summed E-state index contributed by atoms with van der Waals surface area (Å²) in [5.74, 6) is -0.331. The molecule has 0 heterocycles. The van der Waals surface area contributed by atoms with E-state index in [4.69, 9.17) is 5.11 Å². The van der Waals surface area contributed by atoms with Crippen LogP contribution in [0.1, 0.15) is 53.9 Å². The van der Waals surface area contributed by atoms with Crippen molar-refractivity contribution < 1.29 is 9.90 Å². The molecule has 1 aliphatic carbocycles. The van der Waals surface area contributed by atoms with Gasteiger partial charge in [-0.05, 0) is 30.4 Å². The number of rotatable bonds is 2. The minimum Gasteiger partial charge on any atom is -0.478 e. The van der Waals surface area contributed by atoms with E-state index in [1.165, 1.54) is 19.3 Å². The minimum absolute atomic E-state index is 0.464. The van der Waals surface area contributed by atoms with Gasteiger partial charge in [-0.3, -0.25) is 0 Å². The molecule has 1 fully saturated rings. The van der Waals surface area contributed by atoms with E-state index in [1.807, 2.05) is 48.5 Å². The highest BCUT2D eigenvalue weighted by Crippen LogP contribution is 2.34. The van der Waals surface area contributed by atoms with Crippen molar-refractivity contribution in [1.82, 2.24) is 0 Å². The van der Waals surface area contributed by atoms with Crippen molar-refractivity contribution in [3.05, 3.63) is 71.8 Å². The van der Waals surface area contributed by atoms with Gasteiger partial charge in [0.05, 0.1) is 5.56 Å². The first-order valence-corrected chi connectivity index (χ1v) is 7.61. The molecule has 1 N–H and O–H groups in total. The van der Waals surface area contributed by atoms with Crippen molar-refractivity contribution in [1.29, 1.82) is 0 Å². The quantitative estimate of drug-likeness (QED) is 0.830. The van der Waals surface area contributed by atoms with E-state index in [0.29, 0.717) is 11.5 Å². The number of carbonyl (C=O) groups is 1. The molecule has 110 valence electrons. The standard InChI is InChI=1S/C13H16O2.C6H6/c14-13(15)12-9-5-4-8-11(12)10-6-2-1-3-7-10;1-2-4-6-5-3-1/h4-5,8-10H,1-3,6-7H2,(H,14,15);1-6H. The van der Waals surface area contributed by atoms with Crippen LogP contribution in [-0.4, -0.2) is 11.1 Å². The van der Waals surface area contributed by atoms with Gasteiger partial charge in [-0.25, -0.2) is 4.79 Å². The first kappa shape index (κ1) is 15.3. The van der Waals surface area contributed by atoms with Crippen molar-refractivity contribution in [3.63, 3.8) is 0 Å². The Morgan fingerprint density at radius 3 is 1.86 bits per heavy atom. The summed E-state index contributed by atoms with van der Waals surface area (Å²) in [7, 11) is 0. The predicted octanol–water partition coefficient (Wildman–Crippen LogP) is 5.12. The molecule has 0 spiro atoms. The van der Waals surface area contributed by atoms with Crippen molar-refractivity contribution in [2.24, 2.45) is 0 Å². The molecule has 0 saturated heterocycles. The van der Waals surface area contributed by atoms with E-state index in [-0.39, 0.29) is 0 Å². The highest BCUT2D eigenvalue weighted by Gasteiger charge is 2.20. The first-order chi connectivity index (χ1) is 10.3. The highest BCUT2D eigenvalue weighted by molar-refractivity contribution is 5.89. The van der Waals surface area contributed by atoms with Gasteiger partial charge in [-0.1, -0.05) is 73.9 Å². The summed E-state index contributed by atoms with van der Waals surface area (Å²) < 4.78 is 0. The molecule has 2 aromatic carbocycles. The van der Waals surface area contributed by atoms with Crippen molar-refractivity contribution in [3.8, 4) is 0 Å². The molecule has 0 bridgehead atoms. The summed E-state index contributed by atoms with van der Waals surface area (Å²) in [6, 6.07) is 19.4. The van der Waals surface area contributed by atoms with Crippen LogP contribution in [0.4, 0.5) is 0 Å². The molecule has 0 atom stereocenters. The number of hydrogen-bond donors (Lipinski definition) is 1. The molecule has 0 radical (unpaired) electrons. The van der Waals surface area contributed by atoms with Crippen LogP contribution in [0.3, 0.4) is 0 Å². The van der Waals surface area contributed by atoms with Gasteiger partial charge in [0.2, 0.25) is 0 Å². The Labute approximate surface area is 126 Å². The normalized spacial score (nSPS) is 14.9. The van der Waals surface area contributed by atoms with Crippen LogP contribution < -0.4 is 0 Å². The lowest BCUT2D eigenvalue weighted by atomic mass is 9.82. The molecule has 21 heavy (non-hydrogen) atoms. The Kier molecular flexibility index (Phi) is 6.01. The van der Waals surface area contributed by atoms with Gasteiger partial charge in [-0.15, -0.1) is 0 Å². The second-order valence-corrected chi connectivity index (χ2v) is 5.38. The third-order valence-corrected chi connectivity index (χ3v) is 3.90. The maximum absolute atomic E-state index is 11.1. The number of aromatic carboxylic acids is 1. The molecular weight excluding hydrogens is 260 g/mol.